The van der Waals surface area contributed by atoms with Crippen LogP contribution in [0.5, 0.6) is 0 Å². The van der Waals surface area contributed by atoms with Gasteiger partial charge in [0.25, 0.3) is 0 Å². The van der Waals surface area contributed by atoms with Gasteiger partial charge in [0, 0.05) is 10.7 Å². The number of nitro groups is 1. The first-order valence-electron chi connectivity index (χ1n) is 10.6. The summed E-state index contributed by atoms with van der Waals surface area (Å²) in [5.74, 6) is -1.24. The van der Waals surface area contributed by atoms with Gasteiger partial charge in [-0.2, -0.15) is 0 Å². The number of aryl methyl sites for hydroxylation is 1. The van der Waals surface area contributed by atoms with Crippen molar-refractivity contribution in [1.82, 2.24) is 15.4 Å². The molecule has 10 heteroatoms. The molecule has 0 aliphatic carbocycles. The van der Waals surface area contributed by atoms with Gasteiger partial charge in [0.2, 0.25) is 17.5 Å². The minimum atomic E-state index is -0.639. The molecule has 0 aliphatic rings. The molecule has 0 spiro atoms. The van der Waals surface area contributed by atoms with Gasteiger partial charge in [0.05, 0.1) is 10.8 Å². The number of amides is 1. The van der Waals surface area contributed by atoms with Crippen molar-refractivity contribution in [2.24, 2.45) is 0 Å². The molecule has 1 aromatic heterocycles. The van der Waals surface area contributed by atoms with Crippen molar-refractivity contribution in [2.45, 2.75) is 12.8 Å². The molecule has 0 saturated heterocycles. The number of rotatable bonds is 8. The van der Waals surface area contributed by atoms with E-state index in [2.05, 4.69) is 26.1 Å². The van der Waals surface area contributed by atoms with Crippen molar-refractivity contribution in [3.63, 3.8) is 0 Å². The number of carbonyl (C=O) groups excluding carboxylic acids is 1. The quantitative estimate of drug-likeness (QED) is 0.225. The first kappa shape index (κ1) is 23.7. The lowest BCUT2D eigenvalue weighted by Gasteiger charge is -2.18. The van der Waals surface area contributed by atoms with E-state index in [0.29, 0.717) is 10.7 Å². The second-order valence-corrected chi connectivity index (χ2v) is 8.07. The van der Waals surface area contributed by atoms with Crippen LogP contribution in [0.15, 0.2) is 85.2 Å². The van der Waals surface area contributed by atoms with Gasteiger partial charge in [-0.3, -0.25) is 25.8 Å². The van der Waals surface area contributed by atoms with Gasteiger partial charge in [0.15, 0.2) is 0 Å². The Morgan fingerprint density at radius 1 is 0.943 bits per heavy atom. The fourth-order valence-corrected chi connectivity index (χ4v) is 3.84. The summed E-state index contributed by atoms with van der Waals surface area (Å²) in [6, 6.07) is 23.6. The Balaban J connectivity index is 1.60. The predicted molar refractivity (Wildman–Crippen MR) is 135 cm³/mol. The third-order valence-corrected chi connectivity index (χ3v) is 5.51. The minimum absolute atomic E-state index is 0.0326. The molecular weight excluding hydrogens is 468 g/mol. The molecule has 9 nitrogen and oxygen atoms in total. The molecule has 35 heavy (non-hydrogen) atoms. The Kier molecular flexibility index (Phi) is 7.18. The molecule has 4 aromatic rings. The zero-order valence-electron chi connectivity index (χ0n) is 18.6. The van der Waals surface area contributed by atoms with Crippen LogP contribution < -0.4 is 16.2 Å². The normalized spacial score (nSPS) is 10.6. The van der Waals surface area contributed by atoms with Gasteiger partial charge in [-0.15, -0.1) is 0 Å². The van der Waals surface area contributed by atoms with Crippen LogP contribution in [0.25, 0.3) is 0 Å². The van der Waals surface area contributed by atoms with E-state index in [0.717, 1.165) is 16.7 Å². The van der Waals surface area contributed by atoms with Gasteiger partial charge in [-0.1, -0.05) is 72.3 Å². The minimum Gasteiger partial charge on any atom is -0.334 e. The van der Waals surface area contributed by atoms with E-state index in [4.69, 9.17) is 11.6 Å². The average molecular weight is 489 g/mol. The highest BCUT2D eigenvalue weighted by Gasteiger charge is 2.26. The van der Waals surface area contributed by atoms with Crippen LogP contribution >= 0.6 is 11.6 Å². The molecule has 0 unspecified atom stereocenters. The Labute approximate surface area is 206 Å². The fourth-order valence-electron chi connectivity index (χ4n) is 3.61. The van der Waals surface area contributed by atoms with Crippen LogP contribution in [0.3, 0.4) is 0 Å². The number of hydrogen-bond donors (Lipinski definition) is 3. The number of hydrazine groups is 1. The molecule has 1 amide bonds. The van der Waals surface area contributed by atoms with Gasteiger partial charge in [-0.25, -0.2) is 9.97 Å². The number of carbonyl (C=O) groups is 1. The van der Waals surface area contributed by atoms with Crippen LogP contribution in [0.2, 0.25) is 5.02 Å². The summed E-state index contributed by atoms with van der Waals surface area (Å²) in [4.78, 5) is 32.5. The molecule has 3 aromatic carbocycles. The van der Waals surface area contributed by atoms with Crippen LogP contribution in [0, 0.1) is 17.0 Å². The Morgan fingerprint density at radius 2 is 1.54 bits per heavy atom. The van der Waals surface area contributed by atoms with E-state index in [-0.39, 0.29) is 11.6 Å². The molecular formula is C25H21ClN6O3. The van der Waals surface area contributed by atoms with Crippen molar-refractivity contribution < 1.29 is 9.72 Å². The standard InChI is InChI=1S/C25H21ClN6O3/c1-16-14-19(26)12-13-20(16)29-23-22(32(34)35)24(28-15-27-23)30-31-25(33)21(17-8-4-2-5-9-17)18-10-6-3-7-11-18/h2-15,21H,1H3,(H,31,33)(H2,27,28,29,30). The van der Waals surface area contributed by atoms with Crippen molar-refractivity contribution in [2.75, 3.05) is 10.7 Å². The van der Waals surface area contributed by atoms with E-state index in [1.165, 1.54) is 6.33 Å². The lowest BCUT2D eigenvalue weighted by molar-refractivity contribution is -0.383. The summed E-state index contributed by atoms with van der Waals surface area (Å²) in [7, 11) is 0. The van der Waals surface area contributed by atoms with E-state index >= 15 is 0 Å². The van der Waals surface area contributed by atoms with Gasteiger partial charge < -0.3 is 5.32 Å². The summed E-state index contributed by atoms with van der Waals surface area (Å²) in [5.41, 5.74) is 7.69. The SMILES string of the molecule is Cc1cc(Cl)ccc1Nc1ncnc(NNC(=O)C(c2ccccc2)c2ccccc2)c1[N+](=O)[O-]. The zero-order valence-corrected chi connectivity index (χ0v) is 19.4. The number of aromatic nitrogens is 2. The Bertz CT molecular complexity index is 1310. The molecule has 176 valence electrons. The molecule has 0 atom stereocenters. The topological polar surface area (TPSA) is 122 Å². The lowest BCUT2D eigenvalue weighted by atomic mass is 9.91. The zero-order chi connectivity index (χ0) is 24.8. The first-order chi connectivity index (χ1) is 16.9. The van der Waals surface area contributed by atoms with E-state index in [9.17, 15) is 14.9 Å². The Morgan fingerprint density at radius 3 is 2.11 bits per heavy atom. The number of hydrogen-bond acceptors (Lipinski definition) is 7. The average Bonchev–Trinajstić information content (AvgIpc) is 2.86. The highest BCUT2D eigenvalue weighted by atomic mass is 35.5. The highest BCUT2D eigenvalue weighted by Crippen LogP contribution is 2.32. The van der Waals surface area contributed by atoms with Gasteiger partial charge in [0.1, 0.15) is 6.33 Å². The van der Waals surface area contributed by atoms with Crippen molar-refractivity contribution in [3.8, 4) is 0 Å². The van der Waals surface area contributed by atoms with Gasteiger partial charge in [-0.05, 0) is 41.8 Å². The number of halogens is 1. The smallest absolute Gasteiger partial charge is 0.334 e. The third-order valence-electron chi connectivity index (χ3n) is 5.28. The molecule has 3 N–H and O–H groups in total. The highest BCUT2D eigenvalue weighted by molar-refractivity contribution is 6.30. The predicted octanol–water partition coefficient (Wildman–Crippen LogP) is 5.37. The van der Waals surface area contributed by atoms with Crippen LogP contribution in [0.4, 0.5) is 23.0 Å². The largest absolute Gasteiger partial charge is 0.355 e. The number of nitrogens with zero attached hydrogens (tertiary/aromatic N) is 3. The number of anilines is 3. The maximum Gasteiger partial charge on any atom is 0.355 e. The molecule has 0 radical (unpaired) electrons. The lowest BCUT2D eigenvalue weighted by Crippen LogP contribution is -2.35. The third kappa shape index (κ3) is 5.53. The maximum atomic E-state index is 13.2. The summed E-state index contributed by atoms with van der Waals surface area (Å²) in [6.07, 6.45) is 1.17. The number of benzene rings is 3. The summed E-state index contributed by atoms with van der Waals surface area (Å²) >= 11 is 6.00. The molecule has 0 saturated carbocycles. The second kappa shape index (κ2) is 10.6. The molecule has 4 rings (SSSR count). The second-order valence-electron chi connectivity index (χ2n) is 7.63. The monoisotopic (exact) mass is 488 g/mol. The van der Waals surface area contributed by atoms with Crippen molar-refractivity contribution in [1.29, 1.82) is 0 Å². The van der Waals surface area contributed by atoms with Crippen molar-refractivity contribution >= 4 is 40.5 Å². The maximum absolute atomic E-state index is 13.2. The molecule has 0 fully saturated rings. The Hall–Kier alpha value is -4.50. The fraction of sp³-hybridized carbons (Fsp3) is 0.0800. The van der Waals surface area contributed by atoms with E-state index < -0.39 is 22.4 Å². The van der Waals surface area contributed by atoms with Crippen molar-refractivity contribution in [3.05, 3.63) is 117 Å². The number of nitrogens with one attached hydrogen (secondary N) is 3. The van der Waals surface area contributed by atoms with Crippen LogP contribution in [0.1, 0.15) is 22.6 Å². The van der Waals surface area contributed by atoms with E-state index in [1.807, 2.05) is 67.6 Å². The molecule has 1 heterocycles. The first-order valence-corrected chi connectivity index (χ1v) is 11.0. The summed E-state index contributed by atoms with van der Waals surface area (Å²) < 4.78 is 0. The molecule has 0 bridgehead atoms. The summed E-state index contributed by atoms with van der Waals surface area (Å²) in [6.45, 7) is 1.81. The van der Waals surface area contributed by atoms with Crippen LogP contribution in [-0.4, -0.2) is 20.8 Å². The van der Waals surface area contributed by atoms with Gasteiger partial charge >= 0.3 is 5.69 Å². The molecule has 0 aliphatic heterocycles. The summed E-state index contributed by atoms with van der Waals surface area (Å²) in [5, 5.41) is 15.4. The van der Waals surface area contributed by atoms with Crippen LogP contribution in [-0.2, 0) is 4.79 Å². The van der Waals surface area contributed by atoms with E-state index in [1.54, 1.807) is 18.2 Å².